The summed E-state index contributed by atoms with van der Waals surface area (Å²) in [7, 11) is 0. The zero-order chi connectivity index (χ0) is 12.7. The zero-order valence-electron chi connectivity index (χ0n) is 11.0. The highest BCUT2D eigenvalue weighted by Gasteiger charge is 2.07. The second-order valence-electron chi connectivity index (χ2n) is 3.79. The Balaban J connectivity index is 2.63. The molecule has 0 saturated carbocycles. The second kappa shape index (κ2) is 7.06. The van der Waals surface area contributed by atoms with E-state index in [4.69, 9.17) is 9.47 Å². The molecule has 1 N–H and O–H groups in total. The SMILES string of the molecule is CCNc1nc(C)cc(OC(C)COCC)n1. The van der Waals surface area contributed by atoms with E-state index in [0.29, 0.717) is 25.0 Å². The van der Waals surface area contributed by atoms with Gasteiger partial charge in [0, 0.05) is 24.9 Å². The molecule has 0 spiro atoms. The number of nitrogens with one attached hydrogen (secondary N) is 1. The fourth-order valence-electron chi connectivity index (χ4n) is 1.36. The van der Waals surface area contributed by atoms with E-state index in [-0.39, 0.29) is 6.10 Å². The normalized spacial score (nSPS) is 12.2. The smallest absolute Gasteiger partial charge is 0.226 e. The predicted molar refractivity (Wildman–Crippen MR) is 67.5 cm³/mol. The first-order valence-electron chi connectivity index (χ1n) is 5.99. The second-order valence-corrected chi connectivity index (χ2v) is 3.79. The Morgan fingerprint density at radius 3 is 2.76 bits per heavy atom. The minimum Gasteiger partial charge on any atom is -0.472 e. The predicted octanol–water partition coefficient (Wildman–Crippen LogP) is 2.02. The third-order valence-corrected chi connectivity index (χ3v) is 2.04. The van der Waals surface area contributed by atoms with E-state index >= 15 is 0 Å². The fourth-order valence-corrected chi connectivity index (χ4v) is 1.36. The van der Waals surface area contributed by atoms with Crippen molar-refractivity contribution >= 4 is 5.95 Å². The molecule has 1 aromatic rings. The van der Waals surface area contributed by atoms with Crippen molar-refractivity contribution in [3.8, 4) is 5.88 Å². The Morgan fingerprint density at radius 2 is 2.12 bits per heavy atom. The highest BCUT2D eigenvalue weighted by molar-refractivity contribution is 5.30. The van der Waals surface area contributed by atoms with Crippen molar-refractivity contribution in [1.29, 1.82) is 0 Å². The Hall–Kier alpha value is -1.36. The van der Waals surface area contributed by atoms with Crippen molar-refractivity contribution in [2.24, 2.45) is 0 Å². The maximum Gasteiger partial charge on any atom is 0.226 e. The summed E-state index contributed by atoms with van der Waals surface area (Å²) in [6.07, 6.45) is -0.0151. The molecule has 5 nitrogen and oxygen atoms in total. The summed E-state index contributed by atoms with van der Waals surface area (Å²) in [5.74, 6) is 1.19. The van der Waals surface area contributed by atoms with Gasteiger partial charge in [-0.1, -0.05) is 0 Å². The number of aromatic nitrogens is 2. The first-order chi connectivity index (χ1) is 8.15. The van der Waals surface area contributed by atoms with Crippen LogP contribution in [0.1, 0.15) is 26.5 Å². The van der Waals surface area contributed by atoms with E-state index in [1.807, 2.05) is 33.8 Å². The molecule has 0 radical (unpaired) electrons. The van der Waals surface area contributed by atoms with Gasteiger partial charge in [-0.15, -0.1) is 0 Å². The molecule has 5 heteroatoms. The topological polar surface area (TPSA) is 56.3 Å². The average molecular weight is 239 g/mol. The summed E-state index contributed by atoms with van der Waals surface area (Å²) in [5.41, 5.74) is 0.884. The van der Waals surface area contributed by atoms with Crippen molar-refractivity contribution in [2.45, 2.75) is 33.8 Å². The summed E-state index contributed by atoms with van der Waals surface area (Å²) in [5, 5.41) is 3.07. The van der Waals surface area contributed by atoms with E-state index in [1.54, 1.807) is 0 Å². The van der Waals surface area contributed by atoms with Gasteiger partial charge in [0.2, 0.25) is 11.8 Å². The average Bonchev–Trinajstić information content (AvgIpc) is 2.26. The van der Waals surface area contributed by atoms with Crippen LogP contribution in [0.25, 0.3) is 0 Å². The van der Waals surface area contributed by atoms with Crippen molar-refractivity contribution in [2.75, 3.05) is 25.1 Å². The first kappa shape index (κ1) is 13.7. The quantitative estimate of drug-likeness (QED) is 0.789. The van der Waals surface area contributed by atoms with Gasteiger partial charge in [-0.05, 0) is 27.7 Å². The maximum atomic E-state index is 5.67. The number of hydrogen-bond donors (Lipinski definition) is 1. The molecule has 1 aromatic heterocycles. The highest BCUT2D eigenvalue weighted by atomic mass is 16.5. The zero-order valence-corrected chi connectivity index (χ0v) is 11.0. The highest BCUT2D eigenvalue weighted by Crippen LogP contribution is 2.13. The number of aryl methyl sites for hydroxylation is 1. The monoisotopic (exact) mass is 239 g/mol. The minimum atomic E-state index is -0.0151. The molecule has 1 heterocycles. The van der Waals surface area contributed by atoms with Crippen LogP contribution in [0.15, 0.2) is 6.07 Å². The number of ether oxygens (including phenoxy) is 2. The van der Waals surface area contributed by atoms with Gasteiger partial charge in [0.1, 0.15) is 6.10 Å². The van der Waals surface area contributed by atoms with E-state index < -0.39 is 0 Å². The summed E-state index contributed by atoms with van der Waals surface area (Å²) in [4.78, 5) is 8.53. The molecular weight excluding hydrogens is 218 g/mol. The molecule has 0 bridgehead atoms. The number of rotatable bonds is 7. The lowest BCUT2D eigenvalue weighted by Crippen LogP contribution is -2.20. The van der Waals surface area contributed by atoms with Crippen LogP contribution < -0.4 is 10.1 Å². The minimum absolute atomic E-state index is 0.0151. The van der Waals surface area contributed by atoms with Gasteiger partial charge >= 0.3 is 0 Å². The summed E-state index contributed by atoms with van der Waals surface area (Å²) in [6.45, 7) is 9.89. The standard InChI is InChI=1S/C12H21N3O2/c1-5-13-12-14-9(3)7-11(15-12)17-10(4)8-16-6-2/h7,10H,5-6,8H2,1-4H3,(H,13,14,15). The lowest BCUT2D eigenvalue weighted by Gasteiger charge is -2.14. The number of anilines is 1. The molecule has 0 aliphatic heterocycles. The van der Waals surface area contributed by atoms with Gasteiger partial charge < -0.3 is 14.8 Å². The van der Waals surface area contributed by atoms with Crippen LogP contribution >= 0.6 is 0 Å². The lowest BCUT2D eigenvalue weighted by atomic mass is 10.4. The summed E-state index contributed by atoms with van der Waals surface area (Å²) in [6, 6.07) is 1.82. The van der Waals surface area contributed by atoms with E-state index in [2.05, 4.69) is 15.3 Å². The van der Waals surface area contributed by atoms with Gasteiger partial charge in [0.05, 0.1) is 6.61 Å². The van der Waals surface area contributed by atoms with Gasteiger partial charge in [0.15, 0.2) is 0 Å². The van der Waals surface area contributed by atoms with E-state index in [1.165, 1.54) is 0 Å². The molecule has 0 aliphatic carbocycles. The molecule has 0 saturated heterocycles. The van der Waals surface area contributed by atoms with Crippen LogP contribution in [0, 0.1) is 6.92 Å². The van der Waals surface area contributed by atoms with Crippen LogP contribution in [0.5, 0.6) is 5.88 Å². The molecule has 0 fully saturated rings. The van der Waals surface area contributed by atoms with Crippen LogP contribution in [0.2, 0.25) is 0 Å². The molecule has 1 rings (SSSR count). The van der Waals surface area contributed by atoms with Gasteiger partial charge in [-0.2, -0.15) is 4.98 Å². The van der Waals surface area contributed by atoms with Crippen LogP contribution in [0.4, 0.5) is 5.95 Å². The Labute approximate surface area is 103 Å². The largest absolute Gasteiger partial charge is 0.472 e. The summed E-state index contributed by atoms with van der Waals surface area (Å²) >= 11 is 0. The maximum absolute atomic E-state index is 5.67. The third-order valence-electron chi connectivity index (χ3n) is 2.04. The molecular formula is C12H21N3O2. The fraction of sp³-hybridized carbons (Fsp3) is 0.667. The van der Waals surface area contributed by atoms with Crippen molar-refractivity contribution in [1.82, 2.24) is 9.97 Å². The van der Waals surface area contributed by atoms with Crippen molar-refractivity contribution in [3.05, 3.63) is 11.8 Å². The number of nitrogens with zero attached hydrogens (tertiary/aromatic N) is 2. The Kier molecular flexibility index (Phi) is 5.69. The first-order valence-corrected chi connectivity index (χ1v) is 5.99. The van der Waals surface area contributed by atoms with Gasteiger partial charge in [-0.3, -0.25) is 0 Å². The van der Waals surface area contributed by atoms with Crippen LogP contribution in [-0.2, 0) is 4.74 Å². The summed E-state index contributed by atoms with van der Waals surface area (Å²) < 4.78 is 11.0. The van der Waals surface area contributed by atoms with E-state index in [0.717, 1.165) is 12.2 Å². The Morgan fingerprint density at radius 1 is 1.35 bits per heavy atom. The number of hydrogen-bond acceptors (Lipinski definition) is 5. The van der Waals surface area contributed by atoms with Gasteiger partial charge in [0.25, 0.3) is 0 Å². The molecule has 17 heavy (non-hydrogen) atoms. The third kappa shape index (κ3) is 4.99. The molecule has 1 unspecified atom stereocenters. The van der Waals surface area contributed by atoms with Crippen LogP contribution in [0.3, 0.4) is 0 Å². The lowest BCUT2D eigenvalue weighted by molar-refractivity contribution is 0.0633. The molecule has 0 amide bonds. The molecule has 0 aromatic carbocycles. The molecule has 1 atom stereocenters. The van der Waals surface area contributed by atoms with Crippen molar-refractivity contribution < 1.29 is 9.47 Å². The van der Waals surface area contributed by atoms with Crippen molar-refractivity contribution in [3.63, 3.8) is 0 Å². The van der Waals surface area contributed by atoms with Gasteiger partial charge in [-0.25, -0.2) is 4.98 Å². The Bertz CT molecular complexity index is 345. The molecule has 96 valence electrons. The van der Waals surface area contributed by atoms with Crippen LogP contribution in [-0.4, -0.2) is 35.8 Å². The molecule has 0 aliphatic rings. The van der Waals surface area contributed by atoms with E-state index in [9.17, 15) is 0 Å².